The topological polar surface area (TPSA) is 72.7 Å². The lowest BCUT2D eigenvalue weighted by molar-refractivity contribution is 0.0620. The van der Waals surface area contributed by atoms with Crippen LogP contribution in [0.5, 0.6) is 11.5 Å². The maximum Gasteiger partial charge on any atom is 0.257 e. The highest BCUT2D eigenvalue weighted by atomic mass is 16.5. The summed E-state index contributed by atoms with van der Waals surface area (Å²) in [4.78, 5) is 17.2. The normalized spacial score (nSPS) is 17.5. The van der Waals surface area contributed by atoms with Gasteiger partial charge in [0.15, 0.2) is 0 Å². The molecule has 0 atom stereocenters. The van der Waals surface area contributed by atoms with E-state index in [-0.39, 0.29) is 5.91 Å². The van der Waals surface area contributed by atoms with E-state index >= 15 is 0 Å². The minimum absolute atomic E-state index is 0.000461. The zero-order valence-corrected chi connectivity index (χ0v) is 17.3. The molecule has 4 rings (SSSR count). The Hall–Kier alpha value is -2.61. The average Bonchev–Trinajstić information content (AvgIpc) is 2.98. The molecule has 0 radical (unpaired) electrons. The van der Waals surface area contributed by atoms with Gasteiger partial charge >= 0.3 is 0 Å². The van der Waals surface area contributed by atoms with E-state index in [2.05, 4.69) is 19.7 Å². The number of aryl methyl sites for hydroxylation is 1. The van der Waals surface area contributed by atoms with Crippen molar-refractivity contribution in [2.75, 3.05) is 40.4 Å². The van der Waals surface area contributed by atoms with Gasteiger partial charge < -0.3 is 18.9 Å². The second-order valence-electron chi connectivity index (χ2n) is 7.63. The maximum atomic E-state index is 13.0. The lowest BCUT2D eigenvalue weighted by Crippen LogP contribution is -2.48. The van der Waals surface area contributed by atoms with E-state index in [1.54, 1.807) is 32.4 Å². The number of hydrogen-bond donors (Lipinski definition) is 0. The lowest BCUT2D eigenvalue weighted by atomic mass is 10.1. The summed E-state index contributed by atoms with van der Waals surface area (Å²) in [6, 6.07) is 5.32. The van der Waals surface area contributed by atoms with E-state index in [4.69, 9.17) is 9.47 Å². The highest BCUT2D eigenvalue weighted by molar-refractivity contribution is 5.97. The van der Waals surface area contributed by atoms with Crippen LogP contribution in [0.3, 0.4) is 0 Å². The molecule has 8 heteroatoms. The van der Waals surface area contributed by atoms with Crippen molar-refractivity contribution in [2.24, 2.45) is 0 Å². The molecule has 0 bridgehead atoms. The van der Waals surface area contributed by atoms with Crippen LogP contribution in [-0.4, -0.2) is 70.9 Å². The maximum absolute atomic E-state index is 13.0. The molecule has 1 aromatic heterocycles. The van der Waals surface area contributed by atoms with Crippen molar-refractivity contribution in [1.82, 2.24) is 24.6 Å². The summed E-state index contributed by atoms with van der Waals surface area (Å²) in [6.07, 6.45) is 4.69. The summed E-state index contributed by atoms with van der Waals surface area (Å²) in [5, 5.41) is 8.83. The number of piperazine rings is 1. The van der Waals surface area contributed by atoms with Crippen LogP contribution in [0, 0.1) is 0 Å². The van der Waals surface area contributed by atoms with Crippen LogP contribution in [0.2, 0.25) is 0 Å². The van der Waals surface area contributed by atoms with Gasteiger partial charge in [-0.15, -0.1) is 10.2 Å². The van der Waals surface area contributed by atoms with Crippen molar-refractivity contribution >= 4 is 5.91 Å². The first kappa shape index (κ1) is 19.7. The Balaban J connectivity index is 1.37. The number of carbonyl (C=O) groups excluding carboxylic acids is 1. The minimum atomic E-state index is 0.000461. The van der Waals surface area contributed by atoms with Gasteiger partial charge in [0.05, 0.1) is 26.3 Å². The van der Waals surface area contributed by atoms with Gasteiger partial charge in [-0.3, -0.25) is 9.69 Å². The van der Waals surface area contributed by atoms with Gasteiger partial charge in [-0.2, -0.15) is 0 Å². The van der Waals surface area contributed by atoms with Crippen LogP contribution < -0.4 is 9.47 Å². The average molecular weight is 399 g/mol. The predicted molar refractivity (Wildman–Crippen MR) is 108 cm³/mol. The molecule has 0 unspecified atom stereocenters. The summed E-state index contributed by atoms with van der Waals surface area (Å²) in [5.74, 6) is 3.40. The second-order valence-corrected chi connectivity index (χ2v) is 7.63. The van der Waals surface area contributed by atoms with Crippen molar-refractivity contribution in [1.29, 1.82) is 0 Å². The molecule has 29 heavy (non-hydrogen) atoms. The predicted octanol–water partition coefficient (Wildman–Crippen LogP) is 1.98. The van der Waals surface area contributed by atoms with E-state index in [0.29, 0.717) is 30.2 Å². The monoisotopic (exact) mass is 399 g/mol. The molecule has 2 aromatic rings. The summed E-state index contributed by atoms with van der Waals surface area (Å²) >= 11 is 0. The van der Waals surface area contributed by atoms with Crippen LogP contribution in [-0.2, 0) is 19.5 Å². The van der Waals surface area contributed by atoms with E-state index in [9.17, 15) is 4.79 Å². The Kier molecular flexibility index (Phi) is 5.99. The van der Waals surface area contributed by atoms with Crippen LogP contribution in [0.1, 0.15) is 41.3 Å². The quantitative estimate of drug-likeness (QED) is 0.766. The van der Waals surface area contributed by atoms with Crippen LogP contribution in [0.4, 0.5) is 0 Å². The third-order valence-corrected chi connectivity index (χ3v) is 5.85. The van der Waals surface area contributed by atoms with Crippen molar-refractivity contribution in [3.63, 3.8) is 0 Å². The zero-order chi connectivity index (χ0) is 20.2. The number of ether oxygens (including phenoxy) is 2. The fourth-order valence-corrected chi connectivity index (χ4v) is 4.12. The number of aromatic nitrogens is 3. The Labute approximate surface area is 171 Å². The smallest absolute Gasteiger partial charge is 0.257 e. The van der Waals surface area contributed by atoms with Gasteiger partial charge in [0, 0.05) is 45.2 Å². The number of methoxy groups -OCH3 is 2. The molecule has 1 fully saturated rings. The molecule has 0 aliphatic carbocycles. The van der Waals surface area contributed by atoms with Gasteiger partial charge in [0.25, 0.3) is 5.91 Å². The highest BCUT2D eigenvalue weighted by Crippen LogP contribution is 2.26. The number of fused-ring (bicyclic) bond motifs is 1. The molecule has 156 valence electrons. The number of hydrogen-bond acceptors (Lipinski definition) is 6. The zero-order valence-electron chi connectivity index (χ0n) is 17.3. The minimum Gasteiger partial charge on any atom is -0.497 e. The number of carbonyl (C=O) groups is 1. The van der Waals surface area contributed by atoms with Crippen molar-refractivity contribution in [2.45, 2.75) is 38.8 Å². The van der Waals surface area contributed by atoms with Crippen LogP contribution >= 0.6 is 0 Å². The summed E-state index contributed by atoms with van der Waals surface area (Å²) in [5.41, 5.74) is 0.574. The largest absolute Gasteiger partial charge is 0.497 e. The van der Waals surface area contributed by atoms with Crippen LogP contribution in [0.15, 0.2) is 18.2 Å². The Morgan fingerprint density at radius 3 is 2.59 bits per heavy atom. The number of benzene rings is 1. The number of nitrogens with zero attached hydrogens (tertiary/aromatic N) is 5. The third kappa shape index (κ3) is 4.22. The molecule has 8 nitrogen and oxygen atoms in total. The molecule has 0 N–H and O–H groups in total. The molecule has 2 aliphatic rings. The molecule has 1 aromatic carbocycles. The molecular weight excluding hydrogens is 370 g/mol. The van der Waals surface area contributed by atoms with E-state index in [1.165, 1.54) is 19.3 Å². The van der Waals surface area contributed by atoms with Crippen molar-refractivity contribution in [3.05, 3.63) is 35.4 Å². The fraction of sp³-hybridized carbons (Fsp3) is 0.571. The molecule has 1 amide bonds. The van der Waals surface area contributed by atoms with Gasteiger partial charge in [-0.25, -0.2) is 0 Å². The third-order valence-electron chi connectivity index (χ3n) is 5.85. The van der Waals surface area contributed by atoms with Gasteiger partial charge in [0.2, 0.25) is 0 Å². The molecule has 1 saturated heterocycles. The standard InChI is InChI=1S/C21H29N5O3/c1-28-16-7-8-17(18(14-16)29-2)21(27)25-12-10-24(11-13-25)15-20-23-22-19-6-4-3-5-9-26(19)20/h7-8,14H,3-6,9-13,15H2,1-2H3. The fourth-order valence-electron chi connectivity index (χ4n) is 4.12. The first-order valence-electron chi connectivity index (χ1n) is 10.3. The van der Waals surface area contributed by atoms with Crippen molar-refractivity contribution < 1.29 is 14.3 Å². The SMILES string of the molecule is COc1ccc(C(=O)N2CCN(Cc3nnc4n3CCCCC4)CC2)c(OC)c1. The summed E-state index contributed by atoms with van der Waals surface area (Å²) in [7, 11) is 3.18. The summed E-state index contributed by atoms with van der Waals surface area (Å²) < 4.78 is 12.9. The molecule has 3 heterocycles. The highest BCUT2D eigenvalue weighted by Gasteiger charge is 2.26. The molecular formula is C21H29N5O3. The van der Waals surface area contributed by atoms with E-state index in [1.807, 2.05) is 4.90 Å². The van der Waals surface area contributed by atoms with Crippen LogP contribution in [0.25, 0.3) is 0 Å². The first-order chi connectivity index (χ1) is 14.2. The van der Waals surface area contributed by atoms with E-state index in [0.717, 1.165) is 44.2 Å². The first-order valence-corrected chi connectivity index (χ1v) is 10.3. The summed E-state index contributed by atoms with van der Waals surface area (Å²) in [6.45, 7) is 4.84. The molecule has 0 saturated carbocycles. The van der Waals surface area contributed by atoms with Crippen molar-refractivity contribution in [3.8, 4) is 11.5 Å². The second kappa shape index (κ2) is 8.82. The van der Waals surface area contributed by atoms with E-state index < -0.39 is 0 Å². The Morgan fingerprint density at radius 1 is 1.00 bits per heavy atom. The van der Waals surface area contributed by atoms with Gasteiger partial charge in [-0.05, 0) is 25.0 Å². The Morgan fingerprint density at radius 2 is 1.83 bits per heavy atom. The Bertz CT molecular complexity index is 858. The lowest BCUT2D eigenvalue weighted by Gasteiger charge is -2.34. The van der Waals surface area contributed by atoms with Gasteiger partial charge in [-0.1, -0.05) is 6.42 Å². The number of rotatable bonds is 5. The number of amides is 1. The van der Waals surface area contributed by atoms with Gasteiger partial charge in [0.1, 0.15) is 23.1 Å². The molecule has 0 spiro atoms. The molecule has 2 aliphatic heterocycles.